The Morgan fingerprint density at radius 3 is 2.74 bits per heavy atom. The number of hydrogen-bond donors (Lipinski definition) is 2. The molecule has 0 spiro atoms. The van der Waals surface area contributed by atoms with E-state index in [9.17, 15) is 4.79 Å². The Kier molecular flexibility index (Phi) is 6.17. The first-order valence-electron chi connectivity index (χ1n) is 7.35. The molecule has 1 aromatic heterocycles. The normalized spacial score (nSPS) is 10.2. The minimum atomic E-state index is -0.348. The minimum absolute atomic E-state index is 0.234. The molecule has 1 aromatic carbocycles. The lowest BCUT2D eigenvalue weighted by atomic mass is 10.3. The molecule has 0 unspecified atom stereocenters. The Labute approximate surface area is 140 Å². The van der Waals surface area contributed by atoms with Crippen LogP contribution in [0.1, 0.15) is 30.3 Å². The van der Waals surface area contributed by atoms with Crippen LogP contribution >= 0.6 is 11.6 Å². The van der Waals surface area contributed by atoms with Gasteiger partial charge in [-0.05, 0) is 24.6 Å². The van der Waals surface area contributed by atoms with Crippen molar-refractivity contribution in [2.75, 3.05) is 24.3 Å². The van der Waals surface area contributed by atoms with Crippen molar-refractivity contribution in [1.29, 1.82) is 0 Å². The van der Waals surface area contributed by atoms with Crippen LogP contribution in [0.2, 0.25) is 5.02 Å². The fourth-order valence-corrected chi connectivity index (χ4v) is 2.13. The molecule has 0 aliphatic heterocycles. The minimum Gasteiger partial charge on any atom is -0.495 e. The van der Waals surface area contributed by atoms with E-state index < -0.39 is 0 Å². The third-order valence-corrected chi connectivity index (χ3v) is 3.43. The summed E-state index contributed by atoms with van der Waals surface area (Å²) in [7, 11) is 1.53. The topological polar surface area (TPSA) is 76.1 Å². The number of methoxy groups -OCH3 is 1. The molecule has 0 fully saturated rings. The van der Waals surface area contributed by atoms with Crippen molar-refractivity contribution in [2.24, 2.45) is 0 Å². The number of carbonyl (C=O) groups excluding carboxylic acids is 1. The van der Waals surface area contributed by atoms with Crippen LogP contribution in [-0.2, 0) is 0 Å². The van der Waals surface area contributed by atoms with Gasteiger partial charge in [-0.1, -0.05) is 24.9 Å². The molecule has 0 aliphatic rings. The summed E-state index contributed by atoms with van der Waals surface area (Å²) in [6.07, 6.45) is 5.15. The number of nitrogens with one attached hydrogen (secondary N) is 2. The third-order valence-electron chi connectivity index (χ3n) is 3.13. The Balaban J connectivity index is 1.99. The summed E-state index contributed by atoms with van der Waals surface area (Å²) < 4.78 is 5.07. The van der Waals surface area contributed by atoms with Crippen LogP contribution in [0, 0.1) is 0 Å². The van der Waals surface area contributed by atoms with E-state index in [1.807, 2.05) is 0 Å². The standard InChI is InChI=1S/C16H19ClN4O2/c1-3-4-7-18-15-10-19-13(9-20-15)16(22)21-11-5-6-14(23-2)12(17)8-11/h5-6,8-10H,3-4,7H2,1-2H3,(H,18,20)(H,21,22). The maximum atomic E-state index is 12.1. The molecule has 122 valence electrons. The average Bonchev–Trinajstić information content (AvgIpc) is 2.56. The number of carbonyl (C=O) groups is 1. The molecule has 2 aromatic rings. The van der Waals surface area contributed by atoms with Crippen LogP contribution in [0.25, 0.3) is 0 Å². The maximum absolute atomic E-state index is 12.1. The average molecular weight is 335 g/mol. The molecular weight excluding hydrogens is 316 g/mol. The fourth-order valence-electron chi connectivity index (χ4n) is 1.87. The molecule has 2 rings (SSSR count). The highest BCUT2D eigenvalue weighted by atomic mass is 35.5. The van der Waals surface area contributed by atoms with E-state index in [0.29, 0.717) is 22.3 Å². The predicted octanol–water partition coefficient (Wildman–Crippen LogP) is 3.60. The molecule has 1 amide bonds. The highest BCUT2D eigenvalue weighted by Gasteiger charge is 2.10. The maximum Gasteiger partial charge on any atom is 0.275 e. The Morgan fingerprint density at radius 1 is 1.30 bits per heavy atom. The van der Waals surface area contributed by atoms with Crippen LogP contribution < -0.4 is 15.4 Å². The molecule has 23 heavy (non-hydrogen) atoms. The number of hydrogen-bond acceptors (Lipinski definition) is 5. The van der Waals surface area contributed by atoms with Crippen LogP contribution in [0.3, 0.4) is 0 Å². The van der Waals surface area contributed by atoms with Gasteiger partial charge in [0.2, 0.25) is 0 Å². The first kappa shape index (κ1) is 17.0. The number of aromatic nitrogens is 2. The molecule has 0 saturated heterocycles. The van der Waals surface area contributed by atoms with Gasteiger partial charge < -0.3 is 15.4 Å². The van der Waals surface area contributed by atoms with Gasteiger partial charge in [0, 0.05) is 12.2 Å². The van der Waals surface area contributed by atoms with Gasteiger partial charge in [-0.3, -0.25) is 4.79 Å². The second-order valence-corrected chi connectivity index (χ2v) is 5.28. The van der Waals surface area contributed by atoms with Crippen molar-refractivity contribution >= 4 is 29.0 Å². The number of ether oxygens (including phenoxy) is 1. The summed E-state index contributed by atoms with van der Waals surface area (Å²) in [6.45, 7) is 2.95. The molecule has 0 saturated carbocycles. The molecule has 0 aliphatic carbocycles. The van der Waals surface area contributed by atoms with E-state index in [4.69, 9.17) is 16.3 Å². The predicted molar refractivity (Wildman–Crippen MR) is 91.4 cm³/mol. The van der Waals surface area contributed by atoms with Crippen LogP contribution in [0.15, 0.2) is 30.6 Å². The lowest BCUT2D eigenvalue weighted by Gasteiger charge is -2.08. The van der Waals surface area contributed by atoms with Gasteiger partial charge >= 0.3 is 0 Å². The second kappa shape index (κ2) is 8.33. The van der Waals surface area contributed by atoms with E-state index in [2.05, 4.69) is 27.5 Å². The van der Waals surface area contributed by atoms with E-state index in [1.54, 1.807) is 24.4 Å². The number of halogens is 1. The van der Waals surface area contributed by atoms with Gasteiger partial charge in [0.1, 0.15) is 17.3 Å². The lowest BCUT2D eigenvalue weighted by molar-refractivity contribution is 0.102. The lowest BCUT2D eigenvalue weighted by Crippen LogP contribution is -2.14. The fraction of sp³-hybridized carbons (Fsp3) is 0.312. The van der Waals surface area contributed by atoms with Crippen molar-refractivity contribution < 1.29 is 9.53 Å². The van der Waals surface area contributed by atoms with E-state index in [0.717, 1.165) is 19.4 Å². The van der Waals surface area contributed by atoms with Gasteiger partial charge in [0.05, 0.1) is 24.5 Å². The van der Waals surface area contributed by atoms with Crippen LogP contribution in [-0.4, -0.2) is 29.5 Å². The SMILES string of the molecule is CCCCNc1cnc(C(=O)Nc2ccc(OC)c(Cl)c2)cn1. The molecule has 6 nitrogen and oxygen atoms in total. The first-order chi connectivity index (χ1) is 11.1. The smallest absolute Gasteiger partial charge is 0.275 e. The van der Waals surface area contributed by atoms with Gasteiger partial charge in [-0.15, -0.1) is 0 Å². The molecule has 0 radical (unpaired) electrons. The molecular formula is C16H19ClN4O2. The number of nitrogens with zero attached hydrogens (tertiary/aromatic N) is 2. The molecule has 0 atom stereocenters. The Morgan fingerprint density at radius 2 is 2.13 bits per heavy atom. The number of rotatable bonds is 7. The van der Waals surface area contributed by atoms with Crippen molar-refractivity contribution in [3.63, 3.8) is 0 Å². The van der Waals surface area contributed by atoms with Crippen molar-refractivity contribution in [1.82, 2.24) is 9.97 Å². The summed E-state index contributed by atoms with van der Waals surface area (Å²) in [5, 5.41) is 6.29. The summed E-state index contributed by atoms with van der Waals surface area (Å²) in [5.74, 6) is 0.855. The van der Waals surface area contributed by atoms with Gasteiger partial charge in [-0.2, -0.15) is 0 Å². The van der Waals surface area contributed by atoms with Gasteiger partial charge in [0.15, 0.2) is 0 Å². The summed E-state index contributed by atoms with van der Waals surface area (Å²) in [6, 6.07) is 5.01. The second-order valence-electron chi connectivity index (χ2n) is 4.87. The zero-order valence-corrected chi connectivity index (χ0v) is 13.9. The Bertz CT molecular complexity index is 662. The number of benzene rings is 1. The van der Waals surface area contributed by atoms with Crippen LogP contribution in [0.4, 0.5) is 11.5 Å². The molecule has 1 heterocycles. The van der Waals surface area contributed by atoms with E-state index >= 15 is 0 Å². The van der Waals surface area contributed by atoms with Gasteiger partial charge in [-0.25, -0.2) is 9.97 Å². The number of anilines is 2. The zero-order chi connectivity index (χ0) is 16.7. The van der Waals surface area contributed by atoms with Crippen molar-refractivity contribution in [3.8, 4) is 5.75 Å². The van der Waals surface area contributed by atoms with Crippen molar-refractivity contribution in [2.45, 2.75) is 19.8 Å². The zero-order valence-electron chi connectivity index (χ0n) is 13.1. The Hall–Kier alpha value is -2.34. The molecule has 0 bridgehead atoms. The van der Waals surface area contributed by atoms with E-state index in [-0.39, 0.29) is 11.6 Å². The van der Waals surface area contributed by atoms with E-state index in [1.165, 1.54) is 13.3 Å². The number of amides is 1. The van der Waals surface area contributed by atoms with Crippen LogP contribution in [0.5, 0.6) is 5.75 Å². The van der Waals surface area contributed by atoms with Gasteiger partial charge in [0.25, 0.3) is 5.91 Å². The van der Waals surface area contributed by atoms with Crippen molar-refractivity contribution in [3.05, 3.63) is 41.3 Å². The summed E-state index contributed by atoms with van der Waals surface area (Å²) in [5.41, 5.74) is 0.797. The molecule has 2 N–H and O–H groups in total. The molecule has 7 heteroatoms. The summed E-state index contributed by atoms with van der Waals surface area (Å²) >= 11 is 6.03. The quantitative estimate of drug-likeness (QED) is 0.756. The first-order valence-corrected chi connectivity index (χ1v) is 7.72. The summed E-state index contributed by atoms with van der Waals surface area (Å²) in [4.78, 5) is 20.4. The largest absolute Gasteiger partial charge is 0.495 e. The highest BCUT2D eigenvalue weighted by molar-refractivity contribution is 6.32. The number of unbranched alkanes of at least 4 members (excludes halogenated alkanes) is 1. The highest BCUT2D eigenvalue weighted by Crippen LogP contribution is 2.27. The third kappa shape index (κ3) is 4.82. The monoisotopic (exact) mass is 334 g/mol.